The summed E-state index contributed by atoms with van der Waals surface area (Å²) < 4.78 is 41.6. The molecule has 0 aliphatic carbocycles. The van der Waals surface area contributed by atoms with Gasteiger partial charge in [-0.05, 0) is 6.07 Å². The molecule has 1 amide bonds. The lowest BCUT2D eigenvalue weighted by Gasteiger charge is -2.05. The smallest absolute Gasteiger partial charge is 0.345 e. The van der Waals surface area contributed by atoms with Gasteiger partial charge < -0.3 is 9.84 Å². The molecule has 138 valence electrons. The van der Waals surface area contributed by atoms with E-state index in [9.17, 15) is 22.8 Å². The molecule has 8 nitrogen and oxygen atoms in total. The first-order valence-corrected chi connectivity index (χ1v) is 7.44. The largest absolute Gasteiger partial charge is 0.471 e. The third-order valence-electron chi connectivity index (χ3n) is 3.39. The van der Waals surface area contributed by atoms with Crippen molar-refractivity contribution in [1.82, 2.24) is 25.7 Å². The first-order valence-electron chi connectivity index (χ1n) is 7.44. The zero-order valence-electron chi connectivity index (χ0n) is 13.4. The van der Waals surface area contributed by atoms with E-state index < -0.39 is 18.0 Å². The van der Waals surface area contributed by atoms with Crippen LogP contribution < -0.4 is 5.32 Å². The number of carbonyl (C=O) groups is 2. The number of benzene rings is 1. The van der Waals surface area contributed by atoms with Gasteiger partial charge in [-0.3, -0.25) is 9.59 Å². The van der Waals surface area contributed by atoms with Crippen LogP contribution in [0.3, 0.4) is 0 Å². The quantitative estimate of drug-likeness (QED) is 0.678. The maximum Gasteiger partial charge on any atom is 0.471 e. The Morgan fingerprint density at radius 2 is 1.78 bits per heavy atom. The van der Waals surface area contributed by atoms with Gasteiger partial charge in [-0.25, -0.2) is 0 Å². The second-order valence-corrected chi connectivity index (χ2v) is 5.24. The van der Waals surface area contributed by atoms with E-state index in [1.165, 1.54) is 42.7 Å². The van der Waals surface area contributed by atoms with E-state index in [1.54, 1.807) is 0 Å². The van der Waals surface area contributed by atoms with Crippen LogP contribution in [0.2, 0.25) is 0 Å². The molecule has 0 saturated carbocycles. The average Bonchev–Trinajstić information content (AvgIpc) is 3.17. The molecule has 0 unspecified atom stereocenters. The van der Waals surface area contributed by atoms with Crippen LogP contribution in [0, 0.1) is 0 Å². The predicted molar refractivity (Wildman–Crippen MR) is 83.4 cm³/mol. The fourth-order valence-corrected chi connectivity index (χ4v) is 2.05. The molecule has 0 aliphatic rings. The maximum atomic E-state index is 12.5. The number of rotatable bonds is 5. The molecule has 27 heavy (non-hydrogen) atoms. The van der Waals surface area contributed by atoms with Crippen molar-refractivity contribution < 1.29 is 27.3 Å². The normalized spacial score (nSPS) is 11.2. The van der Waals surface area contributed by atoms with Gasteiger partial charge in [-0.15, -0.1) is 0 Å². The fourth-order valence-electron chi connectivity index (χ4n) is 2.05. The monoisotopic (exact) mass is 377 g/mol. The summed E-state index contributed by atoms with van der Waals surface area (Å²) in [4.78, 5) is 27.2. The van der Waals surface area contributed by atoms with Gasteiger partial charge in [-0.2, -0.15) is 28.4 Å². The number of hydrogen-bond acceptors (Lipinski definition) is 7. The molecule has 3 aromatic rings. The van der Waals surface area contributed by atoms with Crippen LogP contribution in [0.4, 0.5) is 13.2 Å². The third-order valence-corrected chi connectivity index (χ3v) is 3.39. The minimum atomic E-state index is -4.73. The molecule has 0 spiro atoms. The van der Waals surface area contributed by atoms with Crippen molar-refractivity contribution in [1.29, 1.82) is 0 Å². The number of nitrogens with zero attached hydrogens (tertiary/aromatic N) is 4. The number of halogens is 3. The van der Waals surface area contributed by atoms with Crippen molar-refractivity contribution in [2.45, 2.75) is 6.18 Å². The van der Waals surface area contributed by atoms with E-state index in [4.69, 9.17) is 0 Å². The molecular weight excluding hydrogens is 367 g/mol. The number of aromatic nitrogens is 4. The minimum Gasteiger partial charge on any atom is -0.345 e. The predicted octanol–water partition coefficient (Wildman–Crippen LogP) is 2.16. The number of hydrogen-bond donors (Lipinski definition) is 1. The molecule has 0 bridgehead atoms. The SMILES string of the molecule is O=C(CNC(=O)c1ccnnc1)c1ccc(-c2noc(C(F)(F)F)n2)cc1. The third kappa shape index (κ3) is 4.32. The van der Waals surface area contributed by atoms with E-state index in [0.29, 0.717) is 0 Å². The van der Waals surface area contributed by atoms with Gasteiger partial charge in [-0.1, -0.05) is 29.4 Å². The number of nitrogens with one attached hydrogen (secondary N) is 1. The van der Waals surface area contributed by atoms with Crippen molar-refractivity contribution >= 4 is 11.7 Å². The zero-order valence-corrected chi connectivity index (χ0v) is 13.4. The second-order valence-electron chi connectivity index (χ2n) is 5.24. The Morgan fingerprint density at radius 1 is 1.04 bits per heavy atom. The van der Waals surface area contributed by atoms with Crippen molar-refractivity contribution in [2.75, 3.05) is 6.54 Å². The lowest BCUT2D eigenvalue weighted by Crippen LogP contribution is -2.29. The van der Waals surface area contributed by atoms with Crippen LogP contribution >= 0.6 is 0 Å². The highest BCUT2D eigenvalue weighted by atomic mass is 19.4. The number of amides is 1. The van der Waals surface area contributed by atoms with Crippen LogP contribution in [0.1, 0.15) is 26.6 Å². The second kappa shape index (κ2) is 7.32. The van der Waals surface area contributed by atoms with E-state index in [0.717, 1.165) is 0 Å². The Balaban J connectivity index is 1.64. The topological polar surface area (TPSA) is 111 Å². The molecule has 1 N–H and O–H groups in total. The first-order chi connectivity index (χ1) is 12.8. The van der Waals surface area contributed by atoms with Crippen LogP contribution in [-0.4, -0.2) is 38.6 Å². The highest BCUT2D eigenvalue weighted by molar-refractivity contribution is 6.02. The van der Waals surface area contributed by atoms with Crippen LogP contribution in [0.15, 0.2) is 47.2 Å². The molecule has 0 aliphatic heterocycles. The van der Waals surface area contributed by atoms with Gasteiger partial charge >= 0.3 is 12.1 Å². The lowest BCUT2D eigenvalue weighted by molar-refractivity contribution is -0.159. The van der Waals surface area contributed by atoms with Gasteiger partial charge in [0.05, 0.1) is 24.5 Å². The summed E-state index contributed by atoms with van der Waals surface area (Å²) in [6, 6.07) is 6.99. The van der Waals surface area contributed by atoms with Gasteiger partial charge in [0.15, 0.2) is 5.78 Å². The summed E-state index contributed by atoms with van der Waals surface area (Å²) in [6.07, 6.45) is -2.13. The van der Waals surface area contributed by atoms with E-state index in [2.05, 4.69) is 30.2 Å². The average molecular weight is 377 g/mol. The number of carbonyl (C=O) groups excluding carboxylic acids is 2. The van der Waals surface area contributed by atoms with Crippen molar-refractivity contribution in [3.05, 3.63) is 59.7 Å². The Labute approximate surface area is 149 Å². The highest BCUT2D eigenvalue weighted by Crippen LogP contribution is 2.29. The lowest BCUT2D eigenvalue weighted by atomic mass is 10.1. The molecule has 0 atom stereocenters. The molecule has 0 fully saturated rings. The Kier molecular flexibility index (Phi) is 4.92. The summed E-state index contributed by atoms with van der Waals surface area (Å²) in [6.45, 7) is -0.263. The highest BCUT2D eigenvalue weighted by Gasteiger charge is 2.38. The minimum absolute atomic E-state index is 0.248. The number of alkyl halides is 3. The van der Waals surface area contributed by atoms with E-state index in [-0.39, 0.29) is 34.8 Å². The summed E-state index contributed by atoms with van der Waals surface area (Å²) >= 11 is 0. The summed E-state index contributed by atoms with van der Waals surface area (Å²) in [5.74, 6) is -2.58. The van der Waals surface area contributed by atoms with Gasteiger partial charge in [0.2, 0.25) is 5.82 Å². The maximum absolute atomic E-state index is 12.5. The van der Waals surface area contributed by atoms with Crippen molar-refractivity contribution in [3.8, 4) is 11.4 Å². The molecule has 0 radical (unpaired) electrons. The molecule has 3 rings (SSSR count). The molecule has 11 heteroatoms. The van der Waals surface area contributed by atoms with Gasteiger partial charge in [0.25, 0.3) is 5.91 Å². The van der Waals surface area contributed by atoms with Gasteiger partial charge in [0, 0.05) is 11.1 Å². The molecule has 0 saturated heterocycles. The van der Waals surface area contributed by atoms with Crippen LogP contribution in [0.5, 0.6) is 0 Å². The molecular formula is C16H10F3N5O3. The summed E-state index contributed by atoms with van der Waals surface area (Å²) in [5.41, 5.74) is 0.759. The number of Topliss-reactive ketones (excluding diaryl/α,β-unsaturated/α-hetero) is 1. The summed E-state index contributed by atoms with van der Waals surface area (Å²) in [7, 11) is 0. The Hall–Kier alpha value is -3.63. The standard InChI is InChI=1S/C16H10F3N5O3/c17-16(18,19)15-23-13(24-27-15)10-3-1-9(2-4-10)12(25)8-20-14(26)11-5-6-21-22-7-11/h1-7H,8H2,(H,20,26). The first kappa shape index (κ1) is 18.2. The Morgan fingerprint density at radius 3 is 2.37 bits per heavy atom. The number of ketones is 1. The van der Waals surface area contributed by atoms with Crippen molar-refractivity contribution in [2.24, 2.45) is 0 Å². The zero-order chi connectivity index (χ0) is 19.4. The Bertz CT molecular complexity index is 955. The summed E-state index contributed by atoms with van der Waals surface area (Å²) in [5, 5.41) is 12.8. The van der Waals surface area contributed by atoms with E-state index >= 15 is 0 Å². The van der Waals surface area contributed by atoms with Crippen LogP contribution in [0.25, 0.3) is 11.4 Å². The fraction of sp³-hybridized carbons (Fsp3) is 0.125. The van der Waals surface area contributed by atoms with Gasteiger partial charge in [0.1, 0.15) is 0 Å². The molecule has 2 heterocycles. The van der Waals surface area contributed by atoms with Crippen LogP contribution in [-0.2, 0) is 6.18 Å². The van der Waals surface area contributed by atoms with Crippen molar-refractivity contribution in [3.63, 3.8) is 0 Å². The molecule has 2 aromatic heterocycles. The van der Waals surface area contributed by atoms with E-state index in [1.807, 2.05) is 0 Å². The molecule has 1 aromatic carbocycles.